The van der Waals surface area contributed by atoms with Crippen molar-refractivity contribution in [3.63, 3.8) is 0 Å². The van der Waals surface area contributed by atoms with Crippen LogP contribution in [0.3, 0.4) is 0 Å². The molecule has 0 aliphatic carbocycles. The SMILES string of the molecule is CCCCCCCCCCCCCCCCOCCCC(CCCCCCCCCCCCCC)C1=NCCN1. The Morgan fingerprint density at radius 2 is 0.875 bits per heavy atom. The van der Waals surface area contributed by atoms with Crippen molar-refractivity contribution in [1.82, 2.24) is 5.32 Å². The lowest BCUT2D eigenvalue weighted by Gasteiger charge is -2.17. The molecule has 0 spiro atoms. The lowest BCUT2D eigenvalue weighted by molar-refractivity contribution is 0.124. The topological polar surface area (TPSA) is 33.6 Å². The number of ether oxygens (including phenoxy) is 1. The number of nitrogens with one attached hydrogen (secondary N) is 1. The minimum absolute atomic E-state index is 0.635. The van der Waals surface area contributed by atoms with E-state index in [2.05, 4.69) is 19.2 Å². The van der Waals surface area contributed by atoms with Crippen LogP contribution in [-0.2, 0) is 4.74 Å². The van der Waals surface area contributed by atoms with Crippen molar-refractivity contribution < 1.29 is 4.74 Å². The van der Waals surface area contributed by atoms with Crippen LogP contribution in [0.2, 0.25) is 0 Å². The fourth-order valence-electron chi connectivity index (χ4n) is 6.27. The second-order valence-corrected chi connectivity index (χ2v) is 12.9. The molecule has 1 aliphatic heterocycles. The van der Waals surface area contributed by atoms with Gasteiger partial charge in [-0.15, -0.1) is 0 Å². The zero-order chi connectivity index (χ0) is 28.6. The lowest BCUT2D eigenvalue weighted by atomic mass is 9.94. The fraction of sp³-hybridized carbons (Fsp3) is 0.973. The number of nitrogens with zero attached hydrogens (tertiary/aromatic N) is 1. The first-order chi connectivity index (χ1) is 19.9. The predicted octanol–water partition coefficient (Wildman–Crippen LogP) is 12.0. The monoisotopic (exact) mass is 563 g/mol. The highest BCUT2D eigenvalue weighted by molar-refractivity contribution is 5.85. The summed E-state index contributed by atoms with van der Waals surface area (Å²) in [6, 6.07) is 0. The normalized spacial score (nSPS) is 14.0. The van der Waals surface area contributed by atoms with E-state index in [4.69, 9.17) is 9.73 Å². The zero-order valence-corrected chi connectivity index (χ0v) is 27.8. The second kappa shape index (κ2) is 31.4. The summed E-state index contributed by atoms with van der Waals surface area (Å²) in [6.07, 6.45) is 40.7. The van der Waals surface area contributed by atoms with Gasteiger partial charge in [-0.2, -0.15) is 0 Å². The van der Waals surface area contributed by atoms with Crippen LogP contribution in [0.5, 0.6) is 0 Å². The van der Waals surface area contributed by atoms with E-state index in [1.54, 1.807) is 0 Å². The van der Waals surface area contributed by atoms with Crippen LogP contribution in [-0.4, -0.2) is 32.1 Å². The maximum absolute atomic E-state index is 6.01. The molecule has 0 saturated heterocycles. The van der Waals surface area contributed by atoms with Crippen LogP contribution in [0, 0.1) is 5.92 Å². The smallest absolute Gasteiger partial charge is 0.0995 e. The van der Waals surface area contributed by atoms with E-state index in [-0.39, 0.29) is 0 Å². The number of hydrogen-bond acceptors (Lipinski definition) is 3. The Kier molecular flexibility index (Phi) is 29.4. The predicted molar refractivity (Wildman–Crippen MR) is 180 cm³/mol. The van der Waals surface area contributed by atoms with Crippen molar-refractivity contribution in [3.8, 4) is 0 Å². The van der Waals surface area contributed by atoms with Crippen LogP contribution in [0.15, 0.2) is 4.99 Å². The molecular formula is C37H74N2O. The van der Waals surface area contributed by atoms with Crippen LogP contribution in [0.25, 0.3) is 0 Å². The average Bonchev–Trinajstić information content (AvgIpc) is 3.51. The minimum Gasteiger partial charge on any atom is -0.381 e. The summed E-state index contributed by atoms with van der Waals surface area (Å²) in [5, 5.41) is 3.57. The molecule has 0 radical (unpaired) electrons. The summed E-state index contributed by atoms with van der Waals surface area (Å²) in [5.41, 5.74) is 0. The zero-order valence-electron chi connectivity index (χ0n) is 27.8. The van der Waals surface area contributed by atoms with Crippen molar-refractivity contribution in [2.24, 2.45) is 10.9 Å². The molecular weight excluding hydrogens is 488 g/mol. The molecule has 0 saturated carbocycles. The number of unbranched alkanes of at least 4 members (excludes halogenated alkanes) is 24. The highest BCUT2D eigenvalue weighted by Gasteiger charge is 2.18. The molecule has 0 aromatic rings. The highest BCUT2D eigenvalue weighted by atomic mass is 16.5. The standard InChI is InChI=1S/C37H74N2O/c1-3-5-7-9-11-13-15-17-18-20-22-24-26-28-34-40-35-29-31-36(37-38-32-33-39-37)30-27-25-23-21-19-16-14-12-10-8-6-4-2/h36H,3-35H2,1-2H3,(H,38,39). The Morgan fingerprint density at radius 1 is 0.500 bits per heavy atom. The first-order valence-corrected chi connectivity index (χ1v) is 18.7. The van der Waals surface area contributed by atoms with Crippen molar-refractivity contribution in [3.05, 3.63) is 0 Å². The Balaban J connectivity index is 1.89. The Bertz CT molecular complexity index is 520. The summed E-state index contributed by atoms with van der Waals surface area (Å²) in [6.45, 7) is 8.51. The van der Waals surface area contributed by atoms with Gasteiger partial charge in [0.2, 0.25) is 0 Å². The molecule has 3 heteroatoms. The molecule has 40 heavy (non-hydrogen) atoms. The Hall–Kier alpha value is -0.570. The van der Waals surface area contributed by atoms with Crippen molar-refractivity contribution in [2.45, 2.75) is 200 Å². The fourth-order valence-corrected chi connectivity index (χ4v) is 6.27. The highest BCUT2D eigenvalue weighted by Crippen LogP contribution is 2.20. The molecule has 3 nitrogen and oxygen atoms in total. The van der Waals surface area contributed by atoms with Gasteiger partial charge in [0.15, 0.2) is 0 Å². The van der Waals surface area contributed by atoms with Gasteiger partial charge < -0.3 is 10.1 Å². The molecule has 1 aliphatic rings. The van der Waals surface area contributed by atoms with E-state index in [1.165, 1.54) is 192 Å². The van der Waals surface area contributed by atoms with Crippen LogP contribution in [0.4, 0.5) is 0 Å². The maximum atomic E-state index is 6.01. The summed E-state index contributed by atoms with van der Waals surface area (Å²) in [7, 11) is 0. The third kappa shape index (κ3) is 25.2. The van der Waals surface area contributed by atoms with Gasteiger partial charge in [0.05, 0.1) is 12.4 Å². The first kappa shape index (κ1) is 37.5. The van der Waals surface area contributed by atoms with E-state index in [0.29, 0.717) is 5.92 Å². The number of hydrogen-bond donors (Lipinski definition) is 1. The van der Waals surface area contributed by atoms with E-state index in [9.17, 15) is 0 Å². The van der Waals surface area contributed by atoms with Crippen molar-refractivity contribution in [2.75, 3.05) is 26.3 Å². The number of rotatable bonds is 33. The van der Waals surface area contributed by atoms with Gasteiger partial charge in [-0.25, -0.2) is 0 Å². The molecule has 1 atom stereocenters. The third-order valence-electron chi connectivity index (χ3n) is 8.98. The molecule has 238 valence electrons. The largest absolute Gasteiger partial charge is 0.381 e. The van der Waals surface area contributed by atoms with E-state index >= 15 is 0 Å². The van der Waals surface area contributed by atoms with Gasteiger partial charge in [-0.05, 0) is 25.7 Å². The molecule has 0 aromatic carbocycles. The summed E-state index contributed by atoms with van der Waals surface area (Å²) < 4.78 is 6.01. The number of amidine groups is 1. The summed E-state index contributed by atoms with van der Waals surface area (Å²) >= 11 is 0. The van der Waals surface area contributed by atoms with Gasteiger partial charge in [0, 0.05) is 25.7 Å². The molecule has 0 bridgehead atoms. The van der Waals surface area contributed by atoms with Gasteiger partial charge >= 0.3 is 0 Å². The first-order valence-electron chi connectivity index (χ1n) is 18.7. The van der Waals surface area contributed by atoms with E-state index in [1.807, 2.05) is 0 Å². The van der Waals surface area contributed by atoms with E-state index < -0.39 is 0 Å². The molecule has 1 heterocycles. The van der Waals surface area contributed by atoms with Gasteiger partial charge in [-0.1, -0.05) is 174 Å². The molecule has 0 amide bonds. The Morgan fingerprint density at radius 3 is 1.30 bits per heavy atom. The van der Waals surface area contributed by atoms with Crippen LogP contribution < -0.4 is 5.32 Å². The number of aliphatic imine (C=N–C) groups is 1. The minimum atomic E-state index is 0.635. The molecule has 1 rings (SSSR count). The van der Waals surface area contributed by atoms with E-state index in [0.717, 1.165) is 26.3 Å². The Labute approximate surface area is 252 Å². The molecule has 0 aromatic heterocycles. The lowest BCUT2D eigenvalue weighted by Crippen LogP contribution is -2.27. The van der Waals surface area contributed by atoms with Gasteiger partial charge in [-0.3, -0.25) is 4.99 Å². The molecule has 1 unspecified atom stereocenters. The third-order valence-corrected chi connectivity index (χ3v) is 8.98. The average molecular weight is 563 g/mol. The second-order valence-electron chi connectivity index (χ2n) is 12.9. The summed E-state index contributed by atoms with van der Waals surface area (Å²) in [4.78, 5) is 4.77. The van der Waals surface area contributed by atoms with Crippen LogP contribution in [0.1, 0.15) is 200 Å². The molecule has 0 fully saturated rings. The summed E-state index contributed by atoms with van der Waals surface area (Å²) in [5.74, 6) is 1.94. The molecule has 1 N–H and O–H groups in total. The maximum Gasteiger partial charge on any atom is 0.0995 e. The van der Waals surface area contributed by atoms with Crippen molar-refractivity contribution >= 4 is 5.84 Å². The van der Waals surface area contributed by atoms with Crippen molar-refractivity contribution in [1.29, 1.82) is 0 Å². The van der Waals surface area contributed by atoms with Crippen LogP contribution >= 0.6 is 0 Å². The van der Waals surface area contributed by atoms with Gasteiger partial charge in [0.1, 0.15) is 0 Å². The quantitative estimate of drug-likeness (QED) is 0.0807. The van der Waals surface area contributed by atoms with Gasteiger partial charge in [0.25, 0.3) is 0 Å².